The quantitative estimate of drug-likeness (QED) is 0.0886. The summed E-state index contributed by atoms with van der Waals surface area (Å²) in [7, 11) is 0. The third-order valence-electron chi connectivity index (χ3n) is 2.92. The molecule has 0 unspecified atom stereocenters. The van der Waals surface area contributed by atoms with E-state index in [4.69, 9.17) is 26.0 Å². The Bertz CT molecular complexity index is 491. The molecule has 116 valence electrons. The number of aliphatic imine (C=N–C) groups is 1. The molecule has 1 amide bonds. The minimum absolute atomic E-state index is 0.445. The van der Waals surface area contributed by atoms with Crippen LogP contribution in [-0.4, -0.2) is 64.1 Å². The van der Waals surface area contributed by atoms with Gasteiger partial charge in [-0.2, -0.15) is 0 Å². The number of hydroxylamine groups is 1. The fourth-order valence-electron chi connectivity index (χ4n) is 1.77. The Kier molecular flexibility index (Phi) is 5.58. The highest BCUT2D eigenvalue weighted by Gasteiger charge is 2.53. The van der Waals surface area contributed by atoms with Gasteiger partial charge < -0.3 is 20.4 Å². The summed E-state index contributed by atoms with van der Waals surface area (Å²) in [5.74, 6) is -1.35. The Balaban J connectivity index is 3.09. The van der Waals surface area contributed by atoms with Crippen LogP contribution in [-0.2, 0) is 9.53 Å². The minimum atomic E-state index is -1.56. The molecule has 0 bridgehead atoms. The monoisotopic (exact) mass is 301 g/mol. The molecule has 0 aromatic heterocycles. The molecule has 4 atom stereocenters. The number of aliphatic hydroxyl groups is 2. The minimum Gasteiger partial charge on any atom is -0.394 e. The molecule has 1 rings (SSSR count). The van der Waals surface area contributed by atoms with Crippen LogP contribution in [0.2, 0.25) is 0 Å². The molecule has 1 heterocycles. The number of rotatable bonds is 4. The molecule has 12 nitrogen and oxygen atoms in total. The number of nitrogens with zero attached hydrogens (tertiary/aromatic N) is 4. The average Bonchev–Trinajstić information content (AvgIpc) is 2.71. The van der Waals surface area contributed by atoms with Gasteiger partial charge >= 0.3 is 0 Å². The number of amides is 1. The molecule has 0 radical (unpaired) electrons. The summed E-state index contributed by atoms with van der Waals surface area (Å²) in [6, 6.07) is 0. The predicted octanol–water partition coefficient (Wildman–Crippen LogP) is -1.77. The van der Waals surface area contributed by atoms with E-state index >= 15 is 0 Å². The Labute approximate surface area is 118 Å². The van der Waals surface area contributed by atoms with Gasteiger partial charge in [0.15, 0.2) is 6.23 Å². The Morgan fingerprint density at radius 3 is 2.81 bits per heavy atom. The second-order valence-corrected chi connectivity index (χ2v) is 4.29. The van der Waals surface area contributed by atoms with E-state index in [0.29, 0.717) is 6.21 Å². The number of ether oxygens (including phenoxy) is 1. The van der Waals surface area contributed by atoms with Crippen molar-refractivity contribution in [3.8, 4) is 0 Å². The van der Waals surface area contributed by atoms with Gasteiger partial charge in [-0.3, -0.25) is 15.3 Å². The van der Waals surface area contributed by atoms with Gasteiger partial charge in [0.1, 0.15) is 11.6 Å². The van der Waals surface area contributed by atoms with E-state index in [1.165, 1.54) is 6.92 Å². The average molecular weight is 301 g/mol. The molecule has 12 heteroatoms. The number of guanidine groups is 1. The molecule has 21 heavy (non-hydrogen) atoms. The molecular weight excluding hydrogens is 286 g/mol. The predicted molar refractivity (Wildman–Crippen MR) is 68.6 cm³/mol. The number of nitrogens with one attached hydrogen (secondary N) is 3. The zero-order valence-corrected chi connectivity index (χ0v) is 11.0. The first kappa shape index (κ1) is 16.8. The summed E-state index contributed by atoms with van der Waals surface area (Å²) in [6.45, 7) is 0.799. The number of hydrogen-bond acceptors (Lipinski definition) is 8. The molecule has 6 N–H and O–H groups in total. The van der Waals surface area contributed by atoms with Gasteiger partial charge in [0.2, 0.25) is 5.96 Å². The van der Waals surface area contributed by atoms with Crippen LogP contribution in [0, 0.1) is 5.41 Å². The smallest absolute Gasteiger partial charge is 0.268 e. The lowest BCUT2D eigenvalue weighted by Crippen LogP contribution is -2.46. The molecule has 1 aliphatic heterocycles. The first-order valence-corrected chi connectivity index (χ1v) is 5.73. The first-order valence-electron chi connectivity index (χ1n) is 5.73. The van der Waals surface area contributed by atoms with Crippen LogP contribution in [0.15, 0.2) is 10.1 Å². The summed E-state index contributed by atoms with van der Waals surface area (Å²) in [5, 5.41) is 40.1. The molecule has 0 saturated carbocycles. The second-order valence-electron chi connectivity index (χ2n) is 4.29. The first-order chi connectivity index (χ1) is 9.92. The number of hydrogen-bond donors (Lipinski definition) is 6. The van der Waals surface area contributed by atoms with Crippen molar-refractivity contribution in [3.05, 3.63) is 10.4 Å². The molecule has 0 spiro atoms. The van der Waals surface area contributed by atoms with E-state index in [1.54, 1.807) is 5.48 Å². The normalized spacial score (nSPS) is 32.2. The van der Waals surface area contributed by atoms with Crippen LogP contribution >= 0.6 is 0 Å². The van der Waals surface area contributed by atoms with Crippen molar-refractivity contribution in [3.63, 3.8) is 0 Å². The third-order valence-corrected chi connectivity index (χ3v) is 2.92. The van der Waals surface area contributed by atoms with Crippen LogP contribution in [0.3, 0.4) is 0 Å². The summed E-state index contributed by atoms with van der Waals surface area (Å²) < 4.78 is 5.23. The number of carbonyl (C=O) groups is 1. The van der Waals surface area contributed by atoms with E-state index in [-0.39, 0.29) is 0 Å². The van der Waals surface area contributed by atoms with Crippen LogP contribution in [0.1, 0.15) is 6.92 Å². The Morgan fingerprint density at radius 2 is 2.33 bits per heavy atom. The fourth-order valence-corrected chi connectivity index (χ4v) is 1.77. The van der Waals surface area contributed by atoms with Crippen LogP contribution < -0.4 is 10.8 Å². The van der Waals surface area contributed by atoms with Gasteiger partial charge in [0, 0.05) is 4.91 Å². The van der Waals surface area contributed by atoms with Gasteiger partial charge in [-0.1, -0.05) is 5.11 Å². The van der Waals surface area contributed by atoms with E-state index in [9.17, 15) is 9.90 Å². The van der Waals surface area contributed by atoms with Crippen molar-refractivity contribution in [2.24, 2.45) is 10.1 Å². The van der Waals surface area contributed by atoms with Crippen LogP contribution in [0.25, 0.3) is 10.4 Å². The highest BCUT2D eigenvalue weighted by Crippen LogP contribution is 2.35. The molecule has 0 aromatic carbocycles. The van der Waals surface area contributed by atoms with Crippen molar-refractivity contribution in [2.75, 3.05) is 6.61 Å². The van der Waals surface area contributed by atoms with Gasteiger partial charge in [0.25, 0.3) is 5.91 Å². The van der Waals surface area contributed by atoms with E-state index in [1.807, 2.05) is 5.32 Å². The third kappa shape index (κ3) is 3.45. The summed E-state index contributed by atoms with van der Waals surface area (Å²) in [6.07, 6.45) is -3.22. The summed E-state index contributed by atoms with van der Waals surface area (Å²) in [4.78, 5) is 17.4. The molecule has 0 aliphatic carbocycles. The second kappa shape index (κ2) is 6.97. The van der Waals surface area contributed by atoms with Gasteiger partial charge in [0.05, 0.1) is 18.9 Å². The number of carbonyl (C=O) groups excluding carboxylic acids is 1. The van der Waals surface area contributed by atoms with Crippen molar-refractivity contribution < 1.29 is 25.0 Å². The van der Waals surface area contributed by atoms with Crippen molar-refractivity contribution in [2.45, 2.75) is 30.9 Å². The van der Waals surface area contributed by atoms with Crippen LogP contribution in [0.4, 0.5) is 0 Å². The van der Waals surface area contributed by atoms with Crippen molar-refractivity contribution in [1.29, 1.82) is 5.41 Å². The molecular formula is C9H15N7O5. The summed E-state index contributed by atoms with van der Waals surface area (Å²) >= 11 is 0. The zero-order valence-electron chi connectivity index (χ0n) is 11.0. The largest absolute Gasteiger partial charge is 0.394 e. The Hall–Kier alpha value is -2.24. The van der Waals surface area contributed by atoms with Gasteiger partial charge in [-0.05, 0) is 12.5 Å². The molecule has 1 fully saturated rings. The van der Waals surface area contributed by atoms with Gasteiger partial charge in [-0.25, -0.2) is 10.5 Å². The lowest BCUT2D eigenvalue weighted by atomic mass is 9.94. The molecule has 1 saturated heterocycles. The Morgan fingerprint density at radius 1 is 1.67 bits per heavy atom. The van der Waals surface area contributed by atoms with E-state index in [2.05, 4.69) is 15.0 Å². The molecule has 0 aromatic rings. The van der Waals surface area contributed by atoms with Crippen molar-refractivity contribution >= 4 is 18.1 Å². The number of aliphatic hydroxyl groups excluding tert-OH is 2. The number of azide groups is 1. The van der Waals surface area contributed by atoms with Crippen LogP contribution in [0.5, 0.6) is 0 Å². The maximum atomic E-state index is 11.0. The van der Waals surface area contributed by atoms with E-state index < -0.39 is 42.4 Å². The highest BCUT2D eigenvalue weighted by atomic mass is 16.5. The lowest BCUT2D eigenvalue weighted by molar-refractivity contribution is -0.113. The van der Waals surface area contributed by atoms with Crippen molar-refractivity contribution in [1.82, 2.24) is 10.8 Å². The molecule has 1 aliphatic rings. The maximum Gasteiger partial charge on any atom is 0.268 e. The van der Waals surface area contributed by atoms with E-state index in [0.717, 1.165) is 0 Å². The zero-order chi connectivity index (χ0) is 16.0. The maximum absolute atomic E-state index is 11.0. The standard InChI is InChI=1S/C9H15N7O5/c1-9(15-16-11)6(19)4(3-17)21-7(9)13-8(14-20)12-5(18)2-10/h2,4,6-7,10,17,19-20H,3H2,1H3,(H2,12,13,14,18)/t4-,6-,7-,9-/m1/s1. The fraction of sp³-hybridized carbons (Fsp3) is 0.667. The summed E-state index contributed by atoms with van der Waals surface area (Å²) in [5.41, 5.74) is 8.60. The topological polar surface area (TPSA) is 196 Å². The van der Waals surface area contributed by atoms with Gasteiger partial charge in [-0.15, -0.1) is 0 Å². The SMILES string of the molecule is C[C@]1(N=[N+]=[N-])[C@H](N=C(NO)NC(=O)C=N)O[C@H](CO)[C@H]1O. The lowest BCUT2D eigenvalue weighted by Gasteiger charge is -2.24. The highest BCUT2D eigenvalue weighted by molar-refractivity contribution is 6.28.